The van der Waals surface area contributed by atoms with Crippen molar-refractivity contribution in [1.82, 2.24) is 4.98 Å². The lowest BCUT2D eigenvalue weighted by atomic mass is 9.90. The zero-order valence-corrected chi connectivity index (χ0v) is 21.5. The number of fused-ring (bicyclic) bond motifs is 5. The van der Waals surface area contributed by atoms with E-state index in [-0.39, 0.29) is 0 Å². The largest absolute Gasteiger partial charge is 0.309 e. The SMILES string of the molecule is c1ccc2c(c1)CCc1ccccc1N2c1c2ccccc2c(-c2cccc3ccccc23)c2ncccc12. The molecular weight excluding hydrogens is 472 g/mol. The summed E-state index contributed by atoms with van der Waals surface area (Å²) in [6.45, 7) is 0. The fourth-order valence-corrected chi connectivity index (χ4v) is 6.45. The second-order valence-electron chi connectivity index (χ2n) is 10.3. The van der Waals surface area contributed by atoms with Crippen molar-refractivity contribution in [2.75, 3.05) is 4.90 Å². The molecule has 0 N–H and O–H groups in total. The van der Waals surface area contributed by atoms with E-state index in [0.717, 1.165) is 23.7 Å². The van der Waals surface area contributed by atoms with Crippen LogP contribution >= 0.6 is 0 Å². The van der Waals surface area contributed by atoms with Gasteiger partial charge in [-0.25, -0.2) is 0 Å². The molecule has 0 saturated carbocycles. The molecule has 0 saturated heterocycles. The zero-order valence-electron chi connectivity index (χ0n) is 21.5. The fourth-order valence-electron chi connectivity index (χ4n) is 6.45. The molecule has 0 aliphatic carbocycles. The van der Waals surface area contributed by atoms with Crippen molar-refractivity contribution in [3.63, 3.8) is 0 Å². The number of rotatable bonds is 2. The molecule has 0 bridgehead atoms. The van der Waals surface area contributed by atoms with Crippen molar-refractivity contribution >= 4 is 49.5 Å². The lowest BCUT2D eigenvalue weighted by Crippen LogP contribution is -2.13. The highest BCUT2D eigenvalue weighted by Crippen LogP contribution is 2.50. The minimum absolute atomic E-state index is 1.02. The number of nitrogens with zero attached hydrogens (tertiary/aromatic N) is 2. The van der Waals surface area contributed by atoms with E-state index in [4.69, 9.17) is 4.98 Å². The Labute approximate surface area is 227 Å². The molecule has 6 aromatic carbocycles. The van der Waals surface area contributed by atoms with E-state index < -0.39 is 0 Å². The molecule has 0 amide bonds. The molecule has 0 atom stereocenters. The van der Waals surface area contributed by atoms with Crippen LogP contribution in [0.5, 0.6) is 0 Å². The summed E-state index contributed by atoms with van der Waals surface area (Å²) in [4.78, 5) is 7.58. The summed E-state index contributed by atoms with van der Waals surface area (Å²) in [5.41, 5.74) is 9.86. The summed E-state index contributed by atoms with van der Waals surface area (Å²) < 4.78 is 0. The molecule has 2 heterocycles. The summed E-state index contributed by atoms with van der Waals surface area (Å²) >= 11 is 0. The molecule has 1 aliphatic rings. The first-order chi connectivity index (χ1) is 19.4. The molecule has 0 unspecified atom stereocenters. The molecule has 0 spiro atoms. The molecule has 1 aromatic heterocycles. The highest BCUT2D eigenvalue weighted by atomic mass is 15.2. The molecule has 0 fully saturated rings. The molecule has 2 nitrogen and oxygen atoms in total. The first kappa shape index (κ1) is 22.1. The van der Waals surface area contributed by atoms with Gasteiger partial charge in [0.1, 0.15) is 0 Å². The second-order valence-corrected chi connectivity index (χ2v) is 10.3. The van der Waals surface area contributed by atoms with Crippen molar-refractivity contribution in [3.8, 4) is 11.1 Å². The molecule has 39 heavy (non-hydrogen) atoms. The number of para-hydroxylation sites is 2. The van der Waals surface area contributed by atoms with E-state index in [1.54, 1.807) is 0 Å². The lowest BCUT2D eigenvalue weighted by molar-refractivity contribution is 0.977. The minimum atomic E-state index is 1.02. The van der Waals surface area contributed by atoms with Crippen LogP contribution in [0.2, 0.25) is 0 Å². The van der Waals surface area contributed by atoms with Crippen LogP contribution in [0.3, 0.4) is 0 Å². The van der Waals surface area contributed by atoms with Crippen molar-refractivity contribution in [3.05, 3.63) is 145 Å². The van der Waals surface area contributed by atoms with Gasteiger partial charge >= 0.3 is 0 Å². The Kier molecular flexibility index (Phi) is 4.99. The van der Waals surface area contributed by atoms with Gasteiger partial charge in [0.2, 0.25) is 0 Å². The van der Waals surface area contributed by atoms with Crippen LogP contribution in [0.15, 0.2) is 134 Å². The molecule has 2 heteroatoms. The second kappa shape index (κ2) is 8.82. The van der Waals surface area contributed by atoms with E-state index >= 15 is 0 Å². The number of pyridine rings is 1. The monoisotopic (exact) mass is 498 g/mol. The number of anilines is 3. The Morgan fingerprint density at radius 1 is 0.487 bits per heavy atom. The van der Waals surface area contributed by atoms with Crippen LogP contribution in [-0.2, 0) is 12.8 Å². The van der Waals surface area contributed by atoms with Crippen LogP contribution in [0.4, 0.5) is 17.1 Å². The third-order valence-electron chi connectivity index (χ3n) is 8.16. The van der Waals surface area contributed by atoms with E-state index in [0.29, 0.717) is 0 Å². The van der Waals surface area contributed by atoms with Gasteiger partial charge < -0.3 is 4.90 Å². The summed E-state index contributed by atoms with van der Waals surface area (Å²) in [6, 6.07) is 46.2. The van der Waals surface area contributed by atoms with Crippen LogP contribution < -0.4 is 4.90 Å². The molecule has 1 aliphatic heterocycles. The standard InChI is InChI=1S/C37H26N2/c1-4-15-28-25(11-1)14-9-18-29(28)35-30-16-5-6-17-31(30)37(32-19-10-24-38-36(32)35)39-33-20-7-2-12-26(33)22-23-27-13-3-8-21-34(27)39/h1-21,24H,22-23H2. The highest BCUT2D eigenvalue weighted by Gasteiger charge is 2.27. The Morgan fingerprint density at radius 2 is 1.08 bits per heavy atom. The number of benzene rings is 6. The summed E-state index contributed by atoms with van der Waals surface area (Å²) in [5.74, 6) is 0. The predicted molar refractivity (Wildman–Crippen MR) is 164 cm³/mol. The van der Waals surface area contributed by atoms with Crippen molar-refractivity contribution in [1.29, 1.82) is 0 Å². The Bertz CT molecular complexity index is 1930. The predicted octanol–water partition coefficient (Wildman–Crippen LogP) is 9.78. The van der Waals surface area contributed by atoms with Gasteiger partial charge in [-0.05, 0) is 70.0 Å². The summed E-state index contributed by atoms with van der Waals surface area (Å²) in [5, 5.41) is 6.09. The molecule has 8 rings (SSSR count). The van der Waals surface area contributed by atoms with Crippen molar-refractivity contribution < 1.29 is 0 Å². The summed E-state index contributed by atoms with van der Waals surface area (Å²) in [7, 11) is 0. The third-order valence-corrected chi connectivity index (χ3v) is 8.16. The minimum Gasteiger partial charge on any atom is -0.309 e. The van der Waals surface area contributed by atoms with Gasteiger partial charge in [-0.15, -0.1) is 0 Å². The van der Waals surface area contributed by atoms with Gasteiger partial charge in [0.05, 0.1) is 11.2 Å². The van der Waals surface area contributed by atoms with Crippen LogP contribution in [0.25, 0.3) is 43.6 Å². The van der Waals surface area contributed by atoms with E-state index in [1.165, 1.54) is 60.9 Å². The maximum atomic E-state index is 5.08. The third kappa shape index (κ3) is 3.38. The number of hydrogen-bond donors (Lipinski definition) is 0. The Hall–Kier alpha value is -4.95. The van der Waals surface area contributed by atoms with Crippen LogP contribution in [-0.4, -0.2) is 4.98 Å². The van der Waals surface area contributed by atoms with Crippen LogP contribution in [0.1, 0.15) is 11.1 Å². The maximum absolute atomic E-state index is 5.08. The van der Waals surface area contributed by atoms with Crippen molar-refractivity contribution in [2.45, 2.75) is 12.8 Å². The Morgan fingerprint density at radius 3 is 1.85 bits per heavy atom. The zero-order chi connectivity index (χ0) is 25.8. The fraction of sp³-hybridized carbons (Fsp3) is 0.0541. The topological polar surface area (TPSA) is 16.1 Å². The average molecular weight is 499 g/mol. The first-order valence-corrected chi connectivity index (χ1v) is 13.6. The maximum Gasteiger partial charge on any atom is 0.0808 e. The van der Waals surface area contributed by atoms with Gasteiger partial charge in [0, 0.05) is 33.9 Å². The van der Waals surface area contributed by atoms with E-state index in [2.05, 4.69) is 132 Å². The summed E-state index contributed by atoms with van der Waals surface area (Å²) in [6.07, 6.45) is 3.97. The van der Waals surface area contributed by atoms with E-state index in [1.807, 2.05) is 6.20 Å². The highest BCUT2D eigenvalue weighted by molar-refractivity contribution is 6.23. The number of aryl methyl sites for hydroxylation is 2. The smallest absolute Gasteiger partial charge is 0.0808 e. The number of hydrogen-bond acceptors (Lipinski definition) is 2. The first-order valence-electron chi connectivity index (χ1n) is 13.6. The van der Waals surface area contributed by atoms with Gasteiger partial charge in [-0.3, -0.25) is 4.98 Å². The lowest BCUT2D eigenvalue weighted by Gasteiger charge is -2.30. The normalized spacial score (nSPS) is 12.9. The van der Waals surface area contributed by atoms with Gasteiger partial charge in [-0.1, -0.05) is 103 Å². The quantitative estimate of drug-likeness (QED) is 0.221. The van der Waals surface area contributed by atoms with Gasteiger partial charge in [0.15, 0.2) is 0 Å². The molecule has 184 valence electrons. The average Bonchev–Trinajstić information content (AvgIpc) is 3.17. The Balaban J connectivity index is 1.55. The molecule has 7 aromatic rings. The van der Waals surface area contributed by atoms with Crippen LogP contribution in [0, 0.1) is 0 Å². The number of aromatic nitrogens is 1. The van der Waals surface area contributed by atoms with Crippen molar-refractivity contribution in [2.24, 2.45) is 0 Å². The molecular formula is C37H26N2. The van der Waals surface area contributed by atoms with Gasteiger partial charge in [-0.2, -0.15) is 0 Å². The van der Waals surface area contributed by atoms with Gasteiger partial charge in [0.25, 0.3) is 0 Å². The van der Waals surface area contributed by atoms with E-state index in [9.17, 15) is 0 Å². The molecule has 0 radical (unpaired) electrons.